The van der Waals surface area contributed by atoms with Crippen molar-refractivity contribution in [1.82, 2.24) is 0 Å². The molecule has 0 heterocycles. The molecule has 0 fully saturated rings. The number of rotatable bonds is 7. The zero-order valence-corrected chi connectivity index (χ0v) is 9.67. The Bertz CT molecular complexity index is 268. The van der Waals surface area contributed by atoms with Gasteiger partial charge < -0.3 is 4.74 Å². The van der Waals surface area contributed by atoms with Crippen LogP contribution in [0.2, 0.25) is 0 Å². The van der Waals surface area contributed by atoms with Gasteiger partial charge in [0.25, 0.3) is 0 Å². The Kier molecular flexibility index (Phi) is 5.91. The Labute approximate surface area is 93.5 Å². The van der Waals surface area contributed by atoms with Crippen molar-refractivity contribution in [3.8, 4) is 5.75 Å². The Morgan fingerprint density at radius 3 is 2.67 bits per heavy atom. The van der Waals surface area contributed by atoms with Crippen LogP contribution in [0.4, 0.5) is 0 Å². The first-order chi connectivity index (χ1) is 7.38. The third-order valence-electron chi connectivity index (χ3n) is 2.50. The predicted molar refractivity (Wildman–Crippen MR) is 65.1 cm³/mol. The van der Waals surface area contributed by atoms with Crippen LogP contribution in [0.25, 0.3) is 0 Å². The second-order valence-corrected chi connectivity index (χ2v) is 3.77. The number of unbranched alkanes of at least 4 members (excludes halogenated alkanes) is 3. The molecular weight excluding hydrogens is 184 g/mol. The van der Waals surface area contributed by atoms with Crippen molar-refractivity contribution < 1.29 is 4.74 Å². The number of hydrogen-bond donors (Lipinski definition) is 0. The molecule has 1 nitrogen and oxygen atoms in total. The van der Waals surface area contributed by atoms with Crippen molar-refractivity contribution in [1.29, 1.82) is 0 Å². The molecule has 0 unspecified atom stereocenters. The molecule has 0 spiro atoms. The second kappa shape index (κ2) is 7.33. The van der Waals surface area contributed by atoms with E-state index in [4.69, 9.17) is 4.74 Å². The zero-order chi connectivity index (χ0) is 10.9. The molecule has 0 saturated heterocycles. The largest absolute Gasteiger partial charge is 0.493 e. The normalized spacial score (nSPS) is 10.3. The van der Waals surface area contributed by atoms with Gasteiger partial charge in [0.15, 0.2) is 0 Å². The summed E-state index contributed by atoms with van der Waals surface area (Å²) >= 11 is 0. The van der Waals surface area contributed by atoms with E-state index in [-0.39, 0.29) is 0 Å². The monoisotopic (exact) mass is 205 g/mol. The summed E-state index contributed by atoms with van der Waals surface area (Å²) in [6.45, 7) is 6.95. The van der Waals surface area contributed by atoms with Crippen LogP contribution in [0.3, 0.4) is 0 Å². The number of benzene rings is 1. The van der Waals surface area contributed by atoms with Gasteiger partial charge in [-0.15, -0.1) is 0 Å². The Morgan fingerprint density at radius 1 is 1.13 bits per heavy atom. The van der Waals surface area contributed by atoms with Gasteiger partial charge in [-0.2, -0.15) is 0 Å². The molecule has 0 atom stereocenters. The van der Waals surface area contributed by atoms with Crippen LogP contribution in [-0.4, -0.2) is 6.61 Å². The van der Waals surface area contributed by atoms with Crippen LogP contribution in [-0.2, 0) is 6.42 Å². The molecule has 0 N–H and O–H groups in total. The molecule has 0 aliphatic heterocycles. The summed E-state index contributed by atoms with van der Waals surface area (Å²) in [5.41, 5.74) is 1.20. The van der Waals surface area contributed by atoms with E-state index in [1.54, 1.807) is 0 Å². The molecule has 0 saturated carbocycles. The summed E-state index contributed by atoms with van der Waals surface area (Å²) < 4.78 is 5.73. The predicted octanol–water partition coefficient (Wildman–Crippen LogP) is 4.02. The fourth-order valence-electron chi connectivity index (χ4n) is 1.56. The van der Waals surface area contributed by atoms with Crippen LogP contribution < -0.4 is 4.74 Å². The lowest BCUT2D eigenvalue weighted by Gasteiger charge is -2.09. The van der Waals surface area contributed by atoms with Crippen LogP contribution in [0, 0.1) is 6.92 Å². The van der Waals surface area contributed by atoms with Gasteiger partial charge in [0.05, 0.1) is 6.61 Å². The third kappa shape index (κ3) is 4.37. The summed E-state index contributed by atoms with van der Waals surface area (Å²) in [6, 6.07) is 8.15. The molecule has 0 amide bonds. The van der Waals surface area contributed by atoms with Gasteiger partial charge in [0, 0.05) is 0 Å². The number of ether oxygens (including phenoxy) is 1. The highest BCUT2D eigenvalue weighted by molar-refractivity contribution is 5.33. The van der Waals surface area contributed by atoms with Crippen LogP contribution in [0.15, 0.2) is 24.3 Å². The highest BCUT2D eigenvalue weighted by Crippen LogP contribution is 2.18. The van der Waals surface area contributed by atoms with Crippen molar-refractivity contribution in [2.75, 3.05) is 6.61 Å². The maximum Gasteiger partial charge on any atom is 0.122 e. The van der Waals surface area contributed by atoms with Crippen molar-refractivity contribution in [3.63, 3.8) is 0 Å². The van der Waals surface area contributed by atoms with E-state index in [0.29, 0.717) is 0 Å². The van der Waals surface area contributed by atoms with Gasteiger partial charge in [-0.25, -0.2) is 0 Å². The lowest BCUT2D eigenvalue weighted by molar-refractivity contribution is 0.302. The first kappa shape index (κ1) is 12.1. The van der Waals surface area contributed by atoms with E-state index in [9.17, 15) is 0 Å². The molecule has 83 valence electrons. The molecule has 0 aliphatic carbocycles. The molecule has 0 aromatic heterocycles. The standard InChI is InChI=1S/C14H21O/c1-3-5-6-9-12-15-14-11-8-7-10-13(14)4-2/h7-8,10-11H,2-6,9,12H2,1H3. The number of para-hydroxylation sites is 1. The van der Waals surface area contributed by atoms with Gasteiger partial charge in [0.2, 0.25) is 0 Å². The zero-order valence-electron chi connectivity index (χ0n) is 9.67. The minimum absolute atomic E-state index is 0.797. The molecule has 0 aliphatic rings. The second-order valence-electron chi connectivity index (χ2n) is 3.77. The average molecular weight is 205 g/mol. The van der Waals surface area contributed by atoms with Crippen LogP contribution in [0.5, 0.6) is 5.75 Å². The van der Waals surface area contributed by atoms with Crippen molar-refractivity contribution in [3.05, 3.63) is 36.8 Å². The van der Waals surface area contributed by atoms with Crippen molar-refractivity contribution >= 4 is 0 Å². The molecule has 1 aromatic carbocycles. The van der Waals surface area contributed by atoms with Gasteiger partial charge in [-0.1, -0.05) is 44.4 Å². The minimum atomic E-state index is 0.797. The van der Waals surface area contributed by atoms with E-state index in [0.717, 1.165) is 25.2 Å². The maximum absolute atomic E-state index is 5.73. The van der Waals surface area contributed by atoms with E-state index >= 15 is 0 Å². The van der Waals surface area contributed by atoms with Gasteiger partial charge in [-0.3, -0.25) is 0 Å². The van der Waals surface area contributed by atoms with Gasteiger partial charge in [0.1, 0.15) is 5.75 Å². The summed E-state index contributed by atoms with van der Waals surface area (Å²) in [5.74, 6) is 1.00. The van der Waals surface area contributed by atoms with Crippen LogP contribution >= 0.6 is 0 Å². The topological polar surface area (TPSA) is 9.23 Å². The molecule has 1 radical (unpaired) electrons. The smallest absolute Gasteiger partial charge is 0.122 e. The molecule has 1 aromatic rings. The third-order valence-corrected chi connectivity index (χ3v) is 2.50. The summed E-state index contributed by atoms with van der Waals surface area (Å²) in [6.07, 6.45) is 5.79. The fraction of sp³-hybridized carbons (Fsp3) is 0.500. The Balaban J connectivity index is 2.30. The number of hydrogen-bond acceptors (Lipinski definition) is 1. The van der Waals surface area contributed by atoms with Crippen molar-refractivity contribution in [2.45, 2.75) is 39.0 Å². The summed E-state index contributed by atoms with van der Waals surface area (Å²) in [4.78, 5) is 0. The molecular formula is C14H21O. The lowest BCUT2D eigenvalue weighted by Crippen LogP contribution is -1.99. The first-order valence-electron chi connectivity index (χ1n) is 5.88. The van der Waals surface area contributed by atoms with Gasteiger partial charge >= 0.3 is 0 Å². The molecule has 1 heteroatoms. The first-order valence-corrected chi connectivity index (χ1v) is 5.88. The van der Waals surface area contributed by atoms with E-state index in [1.807, 2.05) is 18.2 Å². The highest BCUT2D eigenvalue weighted by atomic mass is 16.5. The Hall–Kier alpha value is -0.980. The fourth-order valence-corrected chi connectivity index (χ4v) is 1.56. The van der Waals surface area contributed by atoms with Crippen LogP contribution in [0.1, 0.15) is 38.2 Å². The molecule has 1 rings (SSSR count). The minimum Gasteiger partial charge on any atom is -0.493 e. The quantitative estimate of drug-likeness (QED) is 0.611. The molecule has 15 heavy (non-hydrogen) atoms. The van der Waals surface area contributed by atoms with E-state index < -0.39 is 0 Å². The van der Waals surface area contributed by atoms with Crippen molar-refractivity contribution in [2.24, 2.45) is 0 Å². The van der Waals surface area contributed by atoms with E-state index in [2.05, 4.69) is 19.9 Å². The average Bonchev–Trinajstić information content (AvgIpc) is 2.29. The Morgan fingerprint density at radius 2 is 1.93 bits per heavy atom. The SMILES string of the molecule is [CH2]Cc1ccccc1OCCCCCC. The summed E-state index contributed by atoms with van der Waals surface area (Å²) in [7, 11) is 0. The van der Waals surface area contributed by atoms with Gasteiger partial charge in [-0.05, 0) is 31.4 Å². The van der Waals surface area contributed by atoms with E-state index in [1.165, 1.54) is 24.8 Å². The maximum atomic E-state index is 5.73. The highest BCUT2D eigenvalue weighted by Gasteiger charge is 1.99. The summed E-state index contributed by atoms with van der Waals surface area (Å²) in [5, 5.41) is 0. The molecule has 0 bridgehead atoms. The lowest BCUT2D eigenvalue weighted by atomic mass is 10.1.